The van der Waals surface area contributed by atoms with Crippen LogP contribution >= 0.6 is 0 Å². The third kappa shape index (κ3) is 2.96. The van der Waals surface area contributed by atoms with Gasteiger partial charge in [0.2, 0.25) is 0 Å². The molecule has 2 unspecified atom stereocenters. The van der Waals surface area contributed by atoms with E-state index >= 15 is 0 Å². The molecule has 0 saturated heterocycles. The fraction of sp³-hybridized carbons (Fsp3) is 1.00. The molecular formula is C12H26N2. The summed E-state index contributed by atoms with van der Waals surface area (Å²) >= 11 is 0. The lowest BCUT2D eigenvalue weighted by Crippen LogP contribution is -2.52. The largest absolute Gasteiger partial charge is 0.313 e. The van der Waals surface area contributed by atoms with Crippen molar-refractivity contribution in [3.05, 3.63) is 0 Å². The molecule has 2 heteroatoms. The van der Waals surface area contributed by atoms with Crippen molar-refractivity contribution in [3.8, 4) is 0 Å². The quantitative estimate of drug-likeness (QED) is 0.745. The van der Waals surface area contributed by atoms with E-state index in [0.717, 1.165) is 18.6 Å². The van der Waals surface area contributed by atoms with E-state index < -0.39 is 0 Å². The highest BCUT2D eigenvalue weighted by Gasteiger charge is 2.28. The summed E-state index contributed by atoms with van der Waals surface area (Å²) in [7, 11) is 2.27. The third-order valence-corrected chi connectivity index (χ3v) is 3.53. The van der Waals surface area contributed by atoms with Crippen molar-refractivity contribution >= 4 is 0 Å². The molecule has 1 saturated carbocycles. The zero-order valence-electron chi connectivity index (χ0n) is 10.2. The average molecular weight is 198 g/mol. The predicted octanol–water partition coefficient (Wildman–Crippen LogP) is 2.25. The Hall–Kier alpha value is -0.0800. The Bertz CT molecular complexity index is 154. The first-order valence-electron chi connectivity index (χ1n) is 6.12. The number of nitrogens with one attached hydrogen (secondary N) is 1. The Labute approximate surface area is 89.1 Å². The van der Waals surface area contributed by atoms with Gasteiger partial charge < -0.3 is 5.32 Å². The lowest BCUT2D eigenvalue weighted by molar-refractivity contribution is 0.121. The minimum absolute atomic E-state index is 0.666. The third-order valence-electron chi connectivity index (χ3n) is 3.53. The maximum atomic E-state index is 3.63. The molecule has 0 aliphatic heterocycles. The maximum Gasteiger partial charge on any atom is 0.0248 e. The molecule has 0 aromatic rings. The molecule has 0 aromatic carbocycles. The lowest BCUT2D eigenvalue weighted by Gasteiger charge is -2.40. The van der Waals surface area contributed by atoms with Crippen LogP contribution in [0.25, 0.3) is 0 Å². The van der Waals surface area contributed by atoms with Crippen molar-refractivity contribution in [1.29, 1.82) is 0 Å². The Balaban J connectivity index is 2.52. The molecule has 0 spiro atoms. The molecule has 0 bridgehead atoms. The molecule has 1 fully saturated rings. The van der Waals surface area contributed by atoms with Gasteiger partial charge in [0.1, 0.15) is 0 Å². The summed E-state index contributed by atoms with van der Waals surface area (Å²) in [6.07, 6.45) is 5.53. The Morgan fingerprint density at radius 2 is 1.93 bits per heavy atom. The number of hydrogen-bond acceptors (Lipinski definition) is 2. The summed E-state index contributed by atoms with van der Waals surface area (Å²) in [4.78, 5) is 2.53. The van der Waals surface area contributed by atoms with Gasteiger partial charge in [-0.25, -0.2) is 0 Å². The molecule has 0 heterocycles. The topological polar surface area (TPSA) is 15.3 Å². The van der Waals surface area contributed by atoms with Crippen LogP contribution in [-0.4, -0.2) is 36.6 Å². The lowest BCUT2D eigenvalue weighted by atomic mass is 9.89. The van der Waals surface area contributed by atoms with E-state index in [1.807, 2.05) is 0 Å². The average Bonchev–Trinajstić information content (AvgIpc) is 2.18. The van der Waals surface area contributed by atoms with Crippen LogP contribution in [-0.2, 0) is 0 Å². The molecule has 14 heavy (non-hydrogen) atoms. The van der Waals surface area contributed by atoms with E-state index in [1.54, 1.807) is 0 Å². The van der Waals surface area contributed by atoms with Gasteiger partial charge in [-0.05, 0) is 40.3 Å². The van der Waals surface area contributed by atoms with Crippen molar-refractivity contribution in [1.82, 2.24) is 10.2 Å². The van der Waals surface area contributed by atoms with Gasteiger partial charge in [-0.2, -0.15) is 0 Å². The van der Waals surface area contributed by atoms with Crippen molar-refractivity contribution < 1.29 is 0 Å². The van der Waals surface area contributed by atoms with Crippen LogP contribution in [0.1, 0.15) is 46.5 Å². The summed E-state index contributed by atoms with van der Waals surface area (Å²) in [6.45, 7) is 7.89. The Kier molecular flexibility index (Phi) is 4.90. The van der Waals surface area contributed by atoms with Gasteiger partial charge in [0.05, 0.1) is 0 Å². The fourth-order valence-corrected chi connectivity index (χ4v) is 2.48. The molecule has 2 atom stereocenters. The number of rotatable bonds is 4. The van der Waals surface area contributed by atoms with E-state index in [2.05, 4.69) is 38.0 Å². The van der Waals surface area contributed by atoms with Crippen molar-refractivity contribution in [2.75, 3.05) is 13.6 Å². The van der Waals surface area contributed by atoms with E-state index in [0.29, 0.717) is 6.04 Å². The Morgan fingerprint density at radius 3 is 2.50 bits per heavy atom. The van der Waals surface area contributed by atoms with Crippen molar-refractivity contribution in [2.24, 2.45) is 0 Å². The first-order chi connectivity index (χ1) is 6.66. The monoisotopic (exact) mass is 198 g/mol. The molecule has 1 rings (SSSR count). The molecule has 0 aromatic heterocycles. The molecular weight excluding hydrogens is 172 g/mol. The number of likely N-dealkylation sites (N-methyl/N-ethyl adjacent to an activating group) is 2. The summed E-state index contributed by atoms with van der Waals surface area (Å²) in [5.74, 6) is 0. The predicted molar refractivity (Wildman–Crippen MR) is 62.6 cm³/mol. The van der Waals surface area contributed by atoms with E-state index in [4.69, 9.17) is 0 Å². The zero-order valence-corrected chi connectivity index (χ0v) is 10.2. The van der Waals surface area contributed by atoms with Crippen LogP contribution in [0.15, 0.2) is 0 Å². The second kappa shape index (κ2) is 5.72. The molecule has 1 aliphatic carbocycles. The van der Waals surface area contributed by atoms with E-state index in [9.17, 15) is 0 Å². The van der Waals surface area contributed by atoms with Crippen molar-refractivity contribution in [2.45, 2.75) is 64.6 Å². The fourth-order valence-electron chi connectivity index (χ4n) is 2.48. The smallest absolute Gasteiger partial charge is 0.0248 e. The van der Waals surface area contributed by atoms with Gasteiger partial charge in [-0.1, -0.05) is 19.8 Å². The number of nitrogens with zero attached hydrogens (tertiary/aromatic N) is 1. The van der Waals surface area contributed by atoms with Crippen LogP contribution < -0.4 is 5.32 Å². The van der Waals surface area contributed by atoms with Crippen LogP contribution in [0.2, 0.25) is 0 Å². The van der Waals surface area contributed by atoms with Crippen LogP contribution in [0.4, 0.5) is 0 Å². The van der Waals surface area contributed by atoms with Crippen molar-refractivity contribution in [3.63, 3.8) is 0 Å². The van der Waals surface area contributed by atoms with Gasteiger partial charge >= 0.3 is 0 Å². The number of hydrogen-bond donors (Lipinski definition) is 1. The molecule has 1 N–H and O–H groups in total. The Morgan fingerprint density at radius 1 is 1.29 bits per heavy atom. The van der Waals surface area contributed by atoms with Gasteiger partial charge in [-0.3, -0.25) is 4.90 Å². The summed E-state index contributed by atoms with van der Waals surface area (Å²) in [5.41, 5.74) is 0. The van der Waals surface area contributed by atoms with Gasteiger partial charge in [0.15, 0.2) is 0 Å². The first-order valence-corrected chi connectivity index (χ1v) is 6.12. The zero-order chi connectivity index (χ0) is 10.6. The molecule has 0 amide bonds. The van der Waals surface area contributed by atoms with Crippen LogP contribution in [0.5, 0.6) is 0 Å². The minimum atomic E-state index is 0.666. The van der Waals surface area contributed by atoms with Gasteiger partial charge in [0.25, 0.3) is 0 Å². The van der Waals surface area contributed by atoms with Gasteiger partial charge in [-0.15, -0.1) is 0 Å². The molecule has 84 valence electrons. The molecule has 1 aliphatic rings. The second-order valence-corrected chi connectivity index (χ2v) is 4.78. The van der Waals surface area contributed by atoms with E-state index in [-0.39, 0.29) is 0 Å². The maximum absolute atomic E-state index is 3.63. The SMILES string of the molecule is CCNC1CCCCC1N(C)C(C)C. The minimum Gasteiger partial charge on any atom is -0.313 e. The highest BCUT2D eigenvalue weighted by molar-refractivity contribution is 4.87. The van der Waals surface area contributed by atoms with Gasteiger partial charge in [0, 0.05) is 18.1 Å². The second-order valence-electron chi connectivity index (χ2n) is 4.78. The summed E-state index contributed by atoms with van der Waals surface area (Å²) in [5, 5.41) is 3.63. The van der Waals surface area contributed by atoms with Crippen LogP contribution in [0, 0.1) is 0 Å². The highest BCUT2D eigenvalue weighted by atomic mass is 15.2. The first kappa shape index (κ1) is 12.0. The summed E-state index contributed by atoms with van der Waals surface area (Å²) < 4.78 is 0. The van der Waals surface area contributed by atoms with Crippen LogP contribution in [0.3, 0.4) is 0 Å². The highest BCUT2D eigenvalue weighted by Crippen LogP contribution is 2.23. The van der Waals surface area contributed by atoms with E-state index in [1.165, 1.54) is 25.7 Å². The molecule has 0 radical (unpaired) electrons. The summed E-state index contributed by atoms with van der Waals surface area (Å²) in [6, 6.07) is 2.14. The standard InChI is InChI=1S/C12H26N2/c1-5-13-11-8-6-7-9-12(11)14(4)10(2)3/h10-13H,5-9H2,1-4H3. The normalized spacial score (nSPS) is 28.7. The molecule has 2 nitrogen and oxygen atoms in total.